The molecule has 0 saturated heterocycles. The predicted octanol–water partition coefficient (Wildman–Crippen LogP) is 0.355. The number of nitrogens with two attached hydrogens (primary N) is 1. The van der Waals surface area contributed by atoms with Crippen molar-refractivity contribution in [2.75, 3.05) is 5.75 Å². The first kappa shape index (κ1) is 12.4. The summed E-state index contributed by atoms with van der Waals surface area (Å²) < 4.78 is 45.0. The van der Waals surface area contributed by atoms with E-state index >= 15 is 0 Å². The Bertz CT molecular complexity index is 567. The van der Waals surface area contributed by atoms with Crippen molar-refractivity contribution in [1.82, 2.24) is 0 Å². The van der Waals surface area contributed by atoms with E-state index in [1.807, 2.05) is 0 Å². The van der Waals surface area contributed by atoms with E-state index in [4.69, 9.17) is 5.14 Å². The molecule has 0 saturated carbocycles. The molecule has 1 aromatic heterocycles. The second-order valence-electron chi connectivity index (χ2n) is 2.69. The third kappa shape index (κ3) is 2.65. The molecular weight excluding hydrogens is 258 g/mol. The number of primary sulfonamides is 1. The minimum absolute atomic E-state index is 0.255. The highest BCUT2D eigenvalue weighted by Gasteiger charge is 2.24. The summed E-state index contributed by atoms with van der Waals surface area (Å²) in [7, 11) is -7.63. The van der Waals surface area contributed by atoms with Crippen molar-refractivity contribution in [1.29, 1.82) is 0 Å². The smallest absolute Gasteiger partial charge is 0.224 e. The van der Waals surface area contributed by atoms with Crippen LogP contribution in [0.5, 0.6) is 0 Å². The standard InChI is InChI=1S/C7H9NO4S3/c1-2-5-14(9,10)6-3-4-13-7(6)15(8,11)12/h2-4H,1,5H2,(H2,8,11,12). The fourth-order valence-corrected chi connectivity index (χ4v) is 4.89. The Morgan fingerprint density at radius 3 is 2.47 bits per heavy atom. The van der Waals surface area contributed by atoms with Crippen molar-refractivity contribution in [2.45, 2.75) is 9.10 Å². The summed E-state index contributed by atoms with van der Waals surface area (Å²) in [5, 5.41) is 6.26. The minimum Gasteiger partial charge on any atom is -0.224 e. The highest BCUT2D eigenvalue weighted by molar-refractivity contribution is 7.94. The zero-order chi connectivity index (χ0) is 11.7. The first-order valence-electron chi connectivity index (χ1n) is 3.73. The van der Waals surface area contributed by atoms with Crippen molar-refractivity contribution in [3.8, 4) is 0 Å². The van der Waals surface area contributed by atoms with Crippen LogP contribution in [-0.4, -0.2) is 22.6 Å². The van der Waals surface area contributed by atoms with Gasteiger partial charge in [-0.1, -0.05) is 6.08 Å². The second kappa shape index (κ2) is 4.05. The molecule has 0 aliphatic rings. The van der Waals surface area contributed by atoms with Crippen molar-refractivity contribution < 1.29 is 16.8 Å². The van der Waals surface area contributed by atoms with Crippen LogP contribution in [0.1, 0.15) is 0 Å². The van der Waals surface area contributed by atoms with E-state index < -0.39 is 19.9 Å². The van der Waals surface area contributed by atoms with Crippen LogP contribution in [0, 0.1) is 0 Å². The summed E-state index contributed by atoms with van der Waals surface area (Å²) in [6.07, 6.45) is 1.19. The molecular formula is C7H9NO4S3. The van der Waals surface area contributed by atoms with Gasteiger partial charge >= 0.3 is 0 Å². The van der Waals surface area contributed by atoms with Gasteiger partial charge in [-0.3, -0.25) is 0 Å². The Hall–Kier alpha value is -0.700. The normalized spacial score (nSPS) is 12.6. The topological polar surface area (TPSA) is 94.3 Å². The molecule has 1 aromatic rings. The lowest BCUT2D eigenvalue weighted by Gasteiger charge is -2.01. The first-order valence-corrected chi connectivity index (χ1v) is 7.81. The Morgan fingerprint density at radius 1 is 1.40 bits per heavy atom. The van der Waals surface area contributed by atoms with Crippen LogP contribution in [0.25, 0.3) is 0 Å². The lowest BCUT2D eigenvalue weighted by Crippen LogP contribution is -2.15. The van der Waals surface area contributed by atoms with Crippen LogP contribution >= 0.6 is 11.3 Å². The van der Waals surface area contributed by atoms with Gasteiger partial charge in [0.05, 0.1) is 10.6 Å². The summed E-state index contributed by atoms with van der Waals surface area (Å²) in [4.78, 5) is -0.255. The third-order valence-corrected chi connectivity index (χ3v) is 5.90. The maximum atomic E-state index is 11.6. The lowest BCUT2D eigenvalue weighted by molar-refractivity contribution is 0.588. The predicted molar refractivity (Wildman–Crippen MR) is 57.9 cm³/mol. The quantitative estimate of drug-likeness (QED) is 0.797. The van der Waals surface area contributed by atoms with Crippen molar-refractivity contribution in [3.63, 3.8) is 0 Å². The van der Waals surface area contributed by atoms with E-state index in [9.17, 15) is 16.8 Å². The van der Waals surface area contributed by atoms with Crippen LogP contribution in [0.4, 0.5) is 0 Å². The molecule has 2 N–H and O–H groups in total. The van der Waals surface area contributed by atoms with Crippen LogP contribution in [0.15, 0.2) is 33.2 Å². The third-order valence-electron chi connectivity index (χ3n) is 1.53. The zero-order valence-corrected chi connectivity index (χ0v) is 10.0. The fraction of sp³-hybridized carbons (Fsp3) is 0.143. The molecule has 0 aromatic carbocycles. The van der Waals surface area contributed by atoms with E-state index in [-0.39, 0.29) is 14.9 Å². The lowest BCUT2D eigenvalue weighted by atomic mass is 10.7. The molecule has 0 aliphatic carbocycles. The molecule has 0 unspecified atom stereocenters. The molecule has 84 valence electrons. The van der Waals surface area contributed by atoms with E-state index in [2.05, 4.69) is 6.58 Å². The number of hydrogen-bond acceptors (Lipinski definition) is 5. The van der Waals surface area contributed by atoms with Crippen LogP contribution < -0.4 is 5.14 Å². The molecule has 0 bridgehead atoms. The van der Waals surface area contributed by atoms with Gasteiger partial charge in [0, 0.05) is 0 Å². The summed E-state index contributed by atoms with van der Waals surface area (Å²) >= 11 is 0.783. The van der Waals surface area contributed by atoms with Gasteiger partial charge in [-0.15, -0.1) is 17.9 Å². The van der Waals surface area contributed by atoms with Gasteiger partial charge in [0.15, 0.2) is 14.0 Å². The number of sulfonamides is 1. The van der Waals surface area contributed by atoms with Gasteiger partial charge in [0.25, 0.3) is 0 Å². The van der Waals surface area contributed by atoms with Gasteiger partial charge in [-0.25, -0.2) is 22.0 Å². The molecule has 0 radical (unpaired) electrons. The molecule has 0 fully saturated rings. The number of rotatable bonds is 4. The Morgan fingerprint density at radius 2 is 2.00 bits per heavy atom. The fourth-order valence-electron chi connectivity index (χ4n) is 0.967. The number of hydrogen-bond donors (Lipinski definition) is 1. The molecule has 15 heavy (non-hydrogen) atoms. The number of sulfone groups is 1. The van der Waals surface area contributed by atoms with Gasteiger partial charge in [0.2, 0.25) is 10.0 Å². The van der Waals surface area contributed by atoms with Gasteiger partial charge in [-0.05, 0) is 11.4 Å². The maximum absolute atomic E-state index is 11.6. The highest BCUT2D eigenvalue weighted by atomic mass is 32.2. The van der Waals surface area contributed by atoms with Crippen LogP contribution in [0.3, 0.4) is 0 Å². The summed E-state index contributed by atoms with van der Waals surface area (Å²) in [6.45, 7) is 3.29. The Kier molecular flexibility index (Phi) is 3.34. The minimum atomic E-state index is -3.99. The van der Waals surface area contributed by atoms with E-state index in [0.717, 1.165) is 11.3 Å². The molecule has 1 rings (SSSR count). The molecule has 0 spiro atoms. The summed E-state index contributed by atoms with van der Waals surface area (Å²) in [6, 6.07) is 1.23. The number of thiophene rings is 1. The largest absolute Gasteiger partial charge is 0.248 e. The summed E-state index contributed by atoms with van der Waals surface area (Å²) in [5.41, 5.74) is 0. The first-order chi connectivity index (χ1) is 6.79. The average Bonchev–Trinajstić information content (AvgIpc) is 2.49. The van der Waals surface area contributed by atoms with Crippen LogP contribution in [0.2, 0.25) is 0 Å². The zero-order valence-electron chi connectivity index (χ0n) is 7.58. The van der Waals surface area contributed by atoms with Gasteiger partial charge in [-0.2, -0.15) is 0 Å². The van der Waals surface area contributed by atoms with E-state index in [0.29, 0.717) is 0 Å². The molecule has 1 heterocycles. The van der Waals surface area contributed by atoms with Gasteiger partial charge in [0.1, 0.15) is 0 Å². The monoisotopic (exact) mass is 267 g/mol. The highest BCUT2D eigenvalue weighted by Crippen LogP contribution is 2.26. The maximum Gasteiger partial charge on any atom is 0.248 e. The molecule has 0 aliphatic heterocycles. The molecule has 0 atom stereocenters. The Balaban J connectivity index is 3.42. The molecule has 8 heteroatoms. The molecule has 5 nitrogen and oxygen atoms in total. The van der Waals surface area contributed by atoms with Crippen molar-refractivity contribution in [3.05, 3.63) is 24.1 Å². The Labute approximate surface area is 92.2 Å². The van der Waals surface area contributed by atoms with E-state index in [1.54, 1.807) is 0 Å². The SMILES string of the molecule is C=CCS(=O)(=O)c1ccsc1S(N)(=O)=O. The molecule has 0 amide bonds. The van der Waals surface area contributed by atoms with E-state index in [1.165, 1.54) is 17.5 Å². The second-order valence-corrected chi connectivity index (χ2v) is 7.36. The van der Waals surface area contributed by atoms with Crippen molar-refractivity contribution in [2.24, 2.45) is 5.14 Å². The average molecular weight is 267 g/mol. The summed E-state index contributed by atoms with van der Waals surface area (Å²) in [5.74, 6) is -0.313. The van der Waals surface area contributed by atoms with Gasteiger partial charge < -0.3 is 0 Å². The van der Waals surface area contributed by atoms with Crippen LogP contribution in [-0.2, 0) is 19.9 Å². The van der Waals surface area contributed by atoms with Crippen molar-refractivity contribution >= 4 is 31.2 Å².